The molecule has 0 atom stereocenters. The van der Waals surface area contributed by atoms with Gasteiger partial charge >= 0.3 is 0 Å². The highest BCUT2D eigenvalue weighted by molar-refractivity contribution is 6.30. The molecule has 106 valence electrons. The van der Waals surface area contributed by atoms with Gasteiger partial charge in [0.25, 0.3) is 0 Å². The summed E-state index contributed by atoms with van der Waals surface area (Å²) < 4.78 is 0. The molecule has 2 aliphatic rings. The molecule has 1 N–H and O–H groups in total. The highest BCUT2D eigenvalue weighted by atomic mass is 35.5. The third-order valence-electron chi connectivity index (χ3n) is 4.70. The van der Waals surface area contributed by atoms with Crippen molar-refractivity contribution in [2.75, 3.05) is 11.2 Å². The molecular formula is C16H18ClNO2. The van der Waals surface area contributed by atoms with E-state index >= 15 is 0 Å². The zero-order valence-corrected chi connectivity index (χ0v) is 12.1. The van der Waals surface area contributed by atoms with Gasteiger partial charge in [0.2, 0.25) is 5.91 Å². The van der Waals surface area contributed by atoms with Crippen LogP contribution in [0.25, 0.3) is 0 Å². The standard InChI is InChI=1S/C16H18ClNO2/c17-10-14(19)11-3-4-13-12(9-11)16(6-1-2-7-16)8-5-15(20)18-13/h3-4,9H,1-2,5-8,10H2,(H,18,20). The first-order chi connectivity index (χ1) is 9.64. The Morgan fingerprint density at radius 3 is 2.70 bits per heavy atom. The largest absolute Gasteiger partial charge is 0.326 e. The Labute approximate surface area is 123 Å². The maximum atomic E-state index is 11.9. The number of halogens is 1. The Bertz CT molecular complexity index is 562. The Morgan fingerprint density at radius 1 is 1.25 bits per heavy atom. The van der Waals surface area contributed by atoms with Crippen molar-refractivity contribution in [3.05, 3.63) is 29.3 Å². The van der Waals surface area contributed by atoms with E-state index in [9.17, 15) is 9.59 Å². The Kier molecular flexibility index (Phi) is 3.55. The molecule has 3 rings (SSSR count). The van der Waals surface area contributed by atoms with Crippen LogP contribution in [0.2, 0.25) is 0 Å². The molecule has 1 saturated carbocycles. The SMILES string of the molecule is O=C1CCC2(CCCC2)c2cc(C(=O)CCl)ccc2N1. The molecule has 1 spiro atoms. The lowest BCUT2D eigenvalue weighted by Crippen LogP contribution is -2.22. The molecule has 1 aliphatic carbocycles. The van der Waals surface area contributed by atoms with Crippen molar-refractivity contribution < 1.29 is 9.59 Å². The second kappa shape index (κ2) is 5.21. The van der Waals surface area contributed by atoms with E-state index in [4.69, 9.17) is 11.6 Å². The summed E-state index contributed by atoms with van der Waals surface area (Å²) in [5.41, 5.74) is 2.73. The lowest BCUT2D eigenvalue weighted by atomic mass is 9.74. The predicted molar refractivity (Wildman–Crippen MR) is 79.5 cm³/mol. The quantitative estimate of drug-likeness (QED) is 0.668. The average molecular weight is 292 g/mol. The summed E-state index contributed by atoms with van der Waals surface area (Å²) in [5.74, 6) is 0.0163. The van der Waals surface area contributed by atoms with Gasteiger partial charge < -0.3 is 5.32 Å². The predicted octanol–water partition coefficient (Wildman–Crippen LogP) is 3.65. The molecule has 1 aliphatic heterocycles. The maximum Gasteiger partial charge on any atom is 0.224 e. The molecule has 1 fully saturated rings. The summed E-state index contributed by atoms with van der Waals surface area (Å²) in [5, 5.41) is 2.97. The number of rotatable bonds is 2. The molecule has 0 bridgehead atoms. The van der Waals surface area contributed by atoms with Crippen LogP contribution in [0.4, 0.5) is 5.69 Å². The highest BCUT2D eigenvalue weighted by Gasteiger charge is 2.39. The van der Waals surface area contributed by atoms with E-state index in [0.29, 0.717) is 12.0 Å². The maximum absolute atomic E-state index is 11.9. The van der Waals surface area contributed by atoms with Crippen LogP contribution >= 0.6 is 11.6 Å². The normalized spacial score (nSPS) is 20.4. The molecular weight excluding hydrogens is 274 g/mol. The van der Waals surface area contributed by atoms with E-state index in [1.165, 1.54) is 12.8 Å². The zero-order chi connectivity index (χ0) is 14.2. The van der Waals surface area contributed by atoms with Crippen LogP contribution in [0.3, 0.4) is 0 Å². The van der Waals surface area contributed by atoms with E-state index in [1.807, 2.05) is 12.1 Å². The Morgan fingerprint density at radius 2 is 2.00 bits per heavy atom. The summed E-state index contributed by atoms with van der Waals surface area (Å²) in [6.45, 7) is 0. The van der Waals surface area contributed by atoms with Gasteiger partial charge in [0.05, 0.1) is 5.88 Å². The number of fused-ring (bicyclic) bond motifs is 2. The summed E-state index contributed by atoms with van der Waals surface area (Å²) in [7, 11) is 0. The number of anilines is 1. The number of amides is 1. The number of nitrogens with one attached hydrogen (secondary N) is 1. The number of alkyl halides is 1. The third-order valence-corrected chi connectivity index (χ3v) is 4.94. The van der Waals surface area contributed by atoms with Crippen LogP contribution in [-0.4, -0.2) is 17.6 Å². The molecule has 20 heavy (non-hydrogen) atoms. The average Bonchev–Trinajstić information content (AvgIpc) is 2.89. The van der Waals surface area contributed by atoms with Gasteiger partial charge in [-0.1, -0.05) is 12.8 Å². The van der Waals surface area contributed by atoms with Gasteiger partial charge in [0, 0.05) is 17.7 Å². The fourth-order valence-electron chi connectivity index (χ4n) is 3.61. The summed E-state index contributed by atoms with van der Waals surface area (Å²) in [6, 6.07) is 5.58. The van der Waals surface area contributed by atoms with Gasteiger partial charge in [-0.25, -0.2) is 0 Å². The fourth-order valence-corrected chi connectivity index (χ4v) is 3.77. The second-order valence-corrected chi connectivity index (χ2v) is 6.12. The molecule has 0 aromatic heterocycles. The van der Waals surface area contributed by atoms with Crippen molar-refractivity contribution in [1.29, 1.82) is 0 Å². The van der Waals surface area contributed by atoms with Gasteiger partial charge in [-0.05, 0) is 48.4 Å². The van der Waals surface area contributed by atoms with Crippen molar-refractivity contribution in [3.63, 3.8) is 0 Å². The minimum absolute atomic E-state index is 0.00184. The van der Waals surface area contributed by atoms with E-state index in [1.54, 1.807) is 6.07 Å². The van der Waals surface area contributed by atoms with Gasteiger partial charge in [0.15, 0.2) is 5.78 Å². The summed E-state index contributed by atoms with van der Waals surface area (Å²) >= 11 is 5.66. The van der Waals surface area contributed by atoms with Gasteiger partial charge in [-0.3, -0.25) is 9.59 Å². The van der Waals surface area contributed by atoms with E-state index in [2.05, 4.69) is 5.32 Å². The highest BCUT2D eigenvalue weighted by Crippen LogP contribution is 2.48. The lowest BCUT2D eigenvalue weighted by molar-refractivity contribution is -0.116. The van der Waals surface area contributed by atoms with Crippen molar-refractivity contribution in [1.82, 2.24) is 0 Å². The zero-order valence-electron chi connectivity index (χ0n) is 11.4. The minimum atomic E-state index is -0.0572. The molecule has 3 nitrogen and oxygen atoms in total. The first kappa shape index (κ1) is 13.6. The molecule has 4 heteroatoms. The molecule has 0 radical (unpaired) electrons. The summed E-state index contributed by atoms with van der Waals surface area (Å²) in [4.78, 5) is 23.7. The number of benzene rings is 1. The number of hydrogen-bond acceptors (Lipinski definition) is 2. The van der Waals surface area contributed by atoms with E-state index < -0.39 is 0 Å². The van der Waals surface area contributed by atoms with Crippen LogP contribution in [0.5, 0.6) is 0 Å². The Hall–Kier alpha value is -1.35. The van der Waals surface area contributed by atoms with E-state index in [0.717, 1.165) is 30.5 Å². The number of carbonyl (C=O) groups is 2. The third kappa shape index (κ3) is 2.24. The van der Waals surface area contributed by atoms with Gasteiger partial charge in [-0.15, -0.1) is 11.6 Å². The Balaban J connectivity index is 2.11. The van der Waals surface area contributed by atoms with Crippen LogP contribution in [0, 0.1) is 0 Å². The van der Waals surface area contributed by atoms with Crippen molar-refractivity contribution in [2.24, 2.45) is 0 Å². The summed E-state index contributed by atoms with van der Waals surface area (Å²) in [6.07, 6.45) is 6.04. The second-order valence-electron chi connectivity index (χ2n) is 5.85. The molecule has 0 saturated heterocycles. The topological polar surface area (TPSA) is 46.2 Å². The van der Waals surface area contributed by atoms with Crippen LogP contribution in [-0.2, 0) is 10.2 Å². The number of ketones is 1. The number of hydrogen-bond donors (Lipinski definition) is 1. The fraction of sp³-hybridized carbons (Fsp3) is 0.500. The molecule has 1 amide bonds. The first-order valence-corrected chi connectivity index (χ1v) is 7.72. The van der Waals surface area contributed by atoms with Crippen LogP contribution < -0.4 is 5.32 Å². The first-order valence-electron chi connectivity index (χ1n) is 7.18. The smallest absolute Gasteiger partial charge is 0.224 e. The van der Waals surface area contributed by atoms with Crippen molar-refractivity contribution in [2.45, 2.75) is 43.9 Å². The minimum Gasteiger partial charge on any atom is -0.326 e. The van der Waals surface area contributed by atoms with Crippen molar-refractivity contribution in [3.8, 4) is 0 Å². The number of carbonyl (C=O) groups excluding carboxylic acids is 2. The monoisotopic (exact) mass is 291 g/mol. The van der Waals surface area contributed by atoms with Gasteiger partial charge in [-0.2, -0.15) is 0 Å². The van der Waals surface area contributed by atoms with Crippen LogP contribution in [0.15, 0.2) is 18.2 Å². The van der Waals surface area contributed by atoms with Crippen molar-refractivity contribution >= 4 is 29.0 Å². The van der Waals surface area contributed by atoms with E-state index in [-0.39, 0.29) is 23.0 Å². The van der Waals surface area contributed by atoms with Gasteiger partial charge in [0.1, 0.15) is 0 Å². The van der Waals surface area contributed by atoms with Crippen LogP contribution in [0.1, 0.15) is 54.4 Å². The molecule has 1 heterocycles. The number of Topliss-reactive ketones (excluding diaryl/α,β-unsaturated/α-hetero) is 1. The molecule has 1 aromatic carbocycles. The molecule has 0 unspecified atom stereocenters. The molecule has 1 aromatic rings. The lowest BCUT2D eigenvalue weighted by Gasteiger charge is -2.29.